The first-order valence-corrected chi connectivity index (χ1v) is 6.33. The van der Waals surface area contributed by atoms with Gasteiger partial charge in [-0.15, -0.1) is 0 Å². The molecule has 82 valence electrons. The lowest BCUT2D eigenvalue weighted by atomic mass is 10.3. The minimum atomic E-state index is 0.858. The van der Waals surface area contributed by atoms with Crippen LogP contribution < -0.4 is 4.74 Å². The van der Waals surface area contributed by atoms with Crippen LogP contribution in [-0.4, -0.2) is 12.1 Å². The molecule has 1 heterocycles. The number of methoxy groups -OCH3 is 1. The molecule has 0 unspecified atom stereocenters. The molecule has 4 heteroatoms. The summed E-state index contributed by atoms with van der Waals surface area (Å²) >= 11 is 5.08. The molecule has 0 saturated carbocycles. The fraction of sp³-hybridized carbons (Fsp3) is 0.0833. The van der Waals surface area contributed by atoms with Crippen molar-refractivity contribution in [1.29, 1.82) is 0 Å². The van der Waals surface area contributed by atoms with Crippen LogP contribution in [0.5, 0.6) is 5.75 Å². The fourth-order valence-electron chi connectivity index (χ4n) is 1.22. The number of pyridine rings is 1. The molecule has 0 aliphatic rings. The molecule has 0 fully saturated rings. The average molecular weight is 296 g/mol. The lowest BCUT2D eigenvalue weighted by Gasteiger charge is -2.04. The van der Waals surface area contributed by atoms with Crippen LogP contribution in [0.15, 0.2) is 57.0 Å². The maximum Gasteiger partial charge on any atom is 0.119 e. The molecule has 0 amide bonds. The van der Waals surface area contributed by atoms with Gasteiger partial charge < -0.3 is 4.74 Å². The number of aromatic nitrogens is 1. The van der Waals surface area contributed by atoms with E-state index < -0.39 is 0 Å². The highest BCUT2D eigenvalue weighted by molar-refractivity contribution is 9.10. The number of hydrogen-bond acceptors (Lipinski definition) is 3. The zero-order valence-electron chi connectivity index (χ0n) is 8.68. The first-order chi connectivity index (χ1) is 7.79. The molecule has 0 bridgehead atoms. The van der Waals surface area contributed by atoms with Crippen molar-refractivity contribution in [2.45, 2.75) is 9.92 Å². The van der Waals surface area contributed by atoms with Crippen molar-refractivity contribution in [2.75, 3.05) is 7.11 Å². The molecule has 0 radical (unpaired) electrons. The van der Waals surface area contributed by atoms with Crippen LogP contribution >= 0.6 is 27.7 Å². The molecule has 2 nitrogen and oxygen atoms in total. The second kappa shape index (κ2) is 5.37. The van der Waals surface area contributed by atoms with Gasteiger partial charge in [-0.3, -0.25) is 0 Å². The Morgan fingerprint density at radius 2 is 2.12 bits per heavy atom. The van der Waals surface area contributed by atoms with Crippen molar-refractivity contribution in [3.63, 3.8) is 0 Å². The van der Waals surface area contributed by atoms with Crippen molar-refractivity contribution in [2.24, 2.45) is 0 Å². The van der Waals surface area contributed by atoms with Gasteiger partial charge in [-0.2, -0.15) is 0 Å². The Balaban J connectivity index is 2.24. The van der Waals surface area contributed by atoms with E-state index in [4.69, 9.17) is 4.74 Å². The normalized spacial score (nSPS) is 10.1. The van der Waals surface area contributed by atoms with Crippen LogP contribution in [0, 0.1) is 0 Å². The molecule has 0 atom stereocenters. The smallest absolute Gasteiger partial charge is 0.119 e. The molecular weight excluding hydrogens is 286 g/mol. The highest BCUT2D eigenvalue weighted by Crippen LogP contribution is 2.32. The third-order valence-corrected chi connectivity index (χ3v) is 3.89. The first-order valence-electron chi connectivity index (χ1n) is 4.72. The number of rotatable bonds is 3. The molecule has 1 aromatic heterocycles. The summed E-state index contributed by atoms with van der Waals surface area (Å²) in [6, 6.07) is 11.8. The SMILES string of the molecule is COc1cccc(Sc2ncccc2Br)c1. The van der Waals surface area contributed by atoms with Crippen LogP contribution in [0.4, 0.5) is 0 Å². The van der Waals surface area contributed by atoms with Gasteiger partial charge in [0.1, 0.15) is 10.8 Å². The molecule has 0 saturated heterocycles. The maximum absolute atomic E-state index is 5.18. The van der Waals surface area contributed by atoms with Gasteiger partial charge in [0.2, 0.25) is 0 Å². The fourth-order valence-corrected chi connectivity index (χ4v) is 2.54. The summed E-state index contributed by atoms with van der Waals surface area (Å²) in [4.78, 5) is 5.41. The van der Waals surface area contributed by atoms with Gasteiger partial charge in [-0.25, -0.2) is 4.98 Å². The summed E-state index contributed by atoms with van der Waals surface area (Å²) in [7, 11) is 1.67. The number of hydrogen-bond donors (Lipinski definition) is 0. The summed E-state index contributed by atoms with van der Waals surface area (Å²) in [5, 5.41) is 0.954. The van der Waals surface area contributed by atoms with Crippen LogP contribution in [-0.2, 0) is 0 Å². The summed E-state index contributed by atoms with van der Waals surface area (Å²) in [6.07, 6.45) is 1.78. The van der Waals surface area contributed by atoms with Crippen LogP contribution in [0.25, 0.3) is 0 Å². The van der Waals surface area contributed by atoms with Gasteiger partial charge in [-0.05, 0) is 46.3 Å². The van der Waals surface area contributed by atoms with Crippen LogP contribution in [0.1, 0.15) is 0 Å². The molecule has 0 spiro atoms. The van der Waals surface area contributed by atoms with E-state index in [1.54, 1.807) is 25.1 Å². The highest BCUT2D eigenvalue weighted by atomic mass is 79.9. The number of halogens is 1. The molecule has 0 aliphatic heterocycles. The minimum absolute atomic E-state index is 0.858. The summed E-state index contributed by atoms with van der Waals surface area (Å²) in [5.41, 5.74) is 0. The van der Waals surface area contributed by atoms with E-state index in [0.29, 0.717) is 0 Å². The van der Waals surface area contributed by atoms with Crippen molar-refractivity contribution in [1.82, 2.24) is 4.98 Å². The molecule has 2 rings (SSSR count). The van der Waals surface area contributed by atoms with E-state index in [2.05, 4.69) is 20.9 Å². The highest BCUT2D eigenvalue weighted by Gasteiger charge is 2.03. The zero-order chi connectivity index (χ0) is 11.4. The third kappa shape index (κ3) is 2.77. The predicted octanol–water partition coefficient (Wildman–Crippen LogP) is 4.00. The minimum Gasteiger partial charge on any atom is -0.497 e. The third-order valence-electron chi connectivity index (χ3n) is 1.98. The Kier molecular flexibility index (Phi) is 3.85. The van der Waals surface area contributed by atoms with Gasteiger partial charge in [0.25, 0.3) is 0 Å². The summed E-state index contributed by atoms with van der Waals surface area (Å²) < 4.78 is 6.18. The van der Waals surface area contributed by atoms with Gasteiger partial charge >= 0.3 is 0 Å². The number of nitrogens with zero attached hydrogens (tertiary/aromatic N) is 1. The average Bonchev–Trinajstić information content (AvgIpc) is 2.32. The largest absolute Gasteiger partial charge is 0.497 e. The van der Waals surface area contributed by atoms with Crippen molar-refractivity contribution in [3.8, 4) is 5.75 Å². The number of benzene rings is 1. The summed E-state index contributed by atoms with van der Waals surface area (Å²) in [6.45, 7) is 0. The zero-order valence-corrected chi connectivity index (χ0v) is 11.1. The second-order valence-corrected chi connectivity index (χ2v) is 4.99. The van der Waals surface area contributed by atoms with Crippen LogP contribution in [0.3, 0.4) is 0 Å². The van der Waals surface area contributed by atoms with Crippen molar-refractivity contribution < 1.29 is 4.74 Å². The summed E-state index contributed by atoms with van der Waals surface area (Å²) in [5.74, 6) is 0.858. The van der Waals surface area contributed by atoms with E-state index in [1.165, 1.54) is 0 Å². The number of ether oxygens (including phenoxy) is 1. The molecule has 16 heavy (non-hydrogen) atoms. The molecule has 0 aliphatic carbocycles. The molecule has 2 aromatic rings. The van der Waals surface area contributed by atoms with Crippen molar-refractivity contribution in [3.05, 3.63) is 47.1 Å². The van der Waals surface area contributed by atoms with E-state index in [0.717, 1.165) is 20.1 Å². The maximum atomic E-state index is 5.18. The standard InChI is InChI=1S/C12H10BrNOS/c1-15-9-4-2-5-10(8-9)16-12-11(13)6-3-7-14-12/h2-8H,1H3. The van der Waals surface area contributed by atoms with Crippen molar-refractivity contribution >= 4 is 27.7 Å². The molecule has 1 aromatic carbocycles. The molecule has 0 N–H and O–H groups in total. The van der Waals surface area contributed by atoms with E-state index in [-0.39, 0.29) is 0 Å². The topological polar surface area (TPSA) is 22.1 Å². The molecular formula is C12H10BrNOS. The van der Waals surface area contributed by atoms with Gasteiger partial charge in [-0.1, -0.05) is 17.8 Å². The van der Waals surface area contributed by atoms with E-state index >= 15 is 0 Å². The Bertz CT molecular complexity index is 490. The predicted molar refractivity (Wildman–Crippen MR) is 69.1 cm³/mol. The van der Waals surface area contributed by atoms with Gasteiger partial charge in [0, 0.05) is 11.1 Å². The van der Waals surface area contributed by atoms with E-state index in [1.807, 2.05) is 36.4 Å². The van der Waals surface area contributed by atoms with Gasteiger partial charge in [0.05, 0.1) is 11.6 Å². The monoisotopic (exact) mass is 295 g/mol. The second-order valence-electron chi connectivity index (χ2n) is 3.07. The van der Waals surface area contributed by atoms with Gasteiger partial charge in [0.15, 0.2) is 0 Å². The Hall–Kier alpha value is -1.00. The quantitative estimate of drug-likeness (QED) is 0.854. The first kappa shape index (κ1) is 11.5. The van der Waals surface area contributed by atoms with E-state index in [9.17, 15) is 0 Å². The Morgan fingerprint density at radius 3 is 2.88 bits per heavy atom. The Morgan fingerprint density at radius 1 is 1.25 bits per heavy atom. The Labute approximate surface area is 107 Å². The lowest BCUT2D eigenvalue weighted by molar-refractivity contribution is 0.413. The van der Waals surface area contributed by atoms with Crippen LogP contribution in [0.2, 0.25) is 0 Å². The lowest BCUT2D eigenvalue weighted by Crippen LogP contribution is -1.84.